The van der Waals surface area contributed by atoms with Crippen molar-refractivity contribution in [2.75, 3.05) is 40.9 Å². The maximum absolute atomic E-state index is 12.7. The van der Waals surface area contributed by atoms with Crippen molar-refractivity contribution in [1.82, 2.24) is 5.32 Å². The molecule has 0 aliphatic heterocycles. The van der Waals surface area contributed by atoms with Crippen molar-refractivity contribution in [3.05, 3.63) is 12.2 Å². The number of carbonyl (C=O) groups excluding carboxylic acids is 1. The van der Waals surface area contributed by atoms with Gasteiger partial charge in [-0.3, -0.25) is 9.36 Å². The molecule has 0 radical (unpaired) electrons. The minimum atomic E-state index is -4.54. The van der Waals surface area contributed by atoms with E-state index < -0.39 is 20.0 Å². The lowest BCUT2D eigenvalue weighted by molar-refractivity contribution is -0.870. The molecule has 0 fully saturated rings. The van der Waals surface area contributed by atoms with Crippen molar-refractivity contribution in [3.63, 3.8) is 0 Å². The number of aliphatic hydroxyl groups is 1. The van der Waals surface area contributed by atoms with Gasteiger partial charge in [-0.1, -0.05) is 238 Å². The van der Waals surface area contributed by atoms with Crippen LogP contribution in [0.4, 0.5) is 0 Å². The molecule has 9 heteroatoms. The van der Waals surface area contributed by atoms with Gasteiger partial charge < -0.3 is 28.8 Å². The monoisotopic (exact) mass is 899 g/mol. The number of hydrogen-bond acceptors (Lipinski definition) is 6. The van der Waals surface area contributed by atoms with E-state index in [1.54, 1.807) is 0 Å². The number of unbranched alkanes of at least 4 members (excludes halogenated alkanes) is 35. The zero-order chi connectivity index (χ0) is 45.7. The van der Waals surface area contributed by atoms with Crippen LogP contribution in [0.25, 0.3) is 0 Å². The van der Waals surface area contributed by atoms with Gasteiger partial charge in [0.25, 0.3) is 7.82 Å². The van der Waals surface area contributed by atoms with Gasteiger partial charge in [0.15, 0.2) is 0 Å². The van der Waals surface area contributed by atoms with Crippen molar-refractivity contribution in [2.45, 2.75) is 283 Å². The Hall–Kier alpha value is -0.760. The van der Waals surface area contributed by atoms with Gasteiger partial charge in [-0.05, 0) is 38.5 Å². The molecule has 62 heavy (non-hydrogen) atoms. The normalized spacial score (nSPS) is 14.1. The van der Waals surface area contributed by atoms with E-state index in [1.165, 1.54) is 205 Å². The van der Waals surface area contributed by atoms with Gasteiger partial charge in [0.1, 0.15) is 13.2 Å². The topological polar surface area (TPSA) is 108 Å². The zero-order valence-electron chi connectivity index (χ0n) is 42.1. The summed E-state index contributed by atoms with van der Waals surface area (Å²) in [5.41, 5.74) is 0. The summed E-state index contributed by atoms with van der Waals surface area (Å²) in [6.07, 6.45) is 55.1. The Morgan fingerprint density at radius 2 is 0.887 bits per heavy atom. The Morgan fingerprint density at radius 3 is 1.26 bits per heavy atom. The van der Waals surface area contributed by atoms with Gasteiger partial charge in [0.2, 0.25) is 5.91 Å². The number of amides is 1. The molecule has 2 N–H and O–H groups in total. The first kappa shape index (κ1) is 61.2. The van der Waals surface area contributed by atoms with E-state index in [-0.39, 0.29) is 19.1 Å². The molecule has 0 heterocycles. The van der Waals surface area contributed by atoms with Gasteiger partial charge in [-0.25, -0.2) is 0 Å². The van der Waals surface area contributed by atoms with Gasteiger partial charge in [-0.2, -0.15) is 0 Å². The molecule has 1 amide bonds. The molecular formula is C53H107N2O6P. The fourth-order valence-corrected chi connectivity index (χ4v) is 8.94. The quantitative estimate of drug-likeness (QED) is 0.0272. The molecule has 0 aliphatic carbocycles. The molecule has 0 aliphatic rings. The van der Waals surface area contributed by atoms with Gasteiger partial charge >= 0.3 is 0 Å². The molecule has 0 spiro atoms. The summed E-state index contributed by atoms with van der Waals surface area (Å²) < 4.78 is 23.0. The average Bonchev–Trinajstić information content (AvgIpc) is 3.23. The number of quaternary nitrogens is 1. The van der Waals surface area contributed by atoms with Crippen LogP contribution in [0.5, 0.6) is 0 Å². The fourth-order valence-electron chi connectivity index (χ4n) is 8.21. The average molecular weight is 899 g/mol. The third kappa shape index (κ3) is 47.2. The van der Waals surface area contributed by atoms with Crippen LogP contribution in [0.1, 0.15) is 271 Å². The summed E-state index contributed by atoms with van der Waals surface area (Å²) in [6, 6.07) is -0.791. The van der Waals surface area contributed by atoms with Crippen molar-refractivity contribution in [2.24, 2.45) is 0 Å². The van der Waals surface area contributed by atoms with Crippen LogP contribution in [-0.2, 0) is 18.4 Å². The van der Waals surface area contributed by atoms with Crippen molar-refractivity contribution >= 4 is 13.7 Å². The molecule has 0 rings (SSSR count). The van der Waals surface area contributed by atoms with E-state index in [0.29, 0.717) is 23.9 Å². The highest BCUT2D eigenvalue weighted by Gasteiger charge is 2.24. The fraction of sp³-hybridized carbons (Fsp3) is 0.943. The third-order valence-electron chi connectivity index (χ3n) is 12.5. The summed E-state index contributed by atoms with van der Waals surface area (Å²) in [4.78, 5) is 25.0. The molecule has 0 saturated carbocycles. The number of likely N-dealkylation sites (N-methyl/N-ethyl adjacent to an activating group) is 1. The van der Waals surface area contributed by atoms with Crippen LogP contribution in [0.2, 0.25) is 0 Å². The van der Waals surface area contributed by atoms with Crippen molar-refractivity contribution in [1.29, 1.82) is 0 Å². The van der Waals surface area contributed by atoms with Gasteiger partial charge in [0, 0.05) is 6.42 Å². The predicted molar refractivity (Wildman–Crippen MR) is 266 cm³/mol. The van der Waals surface area contributed by atoms with Gasteiger partial charge in [-0.15, -0.1) is 0 Å². The number of nitrogens with one attached hydrogen (secondary N) is 1. The number of rotatable bonds is 50. The van der Waals surface area contributed by atoms with Crippen LogP contribution in [0.3, 0.4) is 0 Å². The summed E-state index contributed by atoms with van der Waals surface area (Å²) in [5, 5.41) is 13.6. The highest BCUT2D eigenvalue weighted by atomic mass is 31.2. The van der Waals surface area contributed by atoms with Crippen LogP contribution in [-0.4, -0.2) is 68.5 Å². The second kappa shape index (κ2) is 45.4. The lowest BCUT2D eigenvalue weighted by Crippen LogP contribution is -2.46. The Bertz CT molecular complexity index is 1020. The first-order chi connectivity index (χ1) is 30.0. The summed E-state index contributed by atoms with van der Waals surface area (Å²) >= 11 is 0. The Balaban J connectivity index is 3.59. The Morgan fingerprint density at radius 1 is 0.548 bits per heavy atom. The summed E-state index contributed by atoms with van der Waals surface area (Å²) in [5.74, 6) is -0.171. The predicted octanol–water partition coefficient (Wildman–Crippen LogP) is 15.2. The molecule has 3 unspecified atom stereocenters. The first-order valence-corrected chi connectivity index (χ1v) is 28.5. The molecule has 0 bridgehead atoms. The lowest BCUT2D eigenvalue weighted by atomic mass is 10.0. The summed E-state index contributed by atoms with van der Waals surface area (Å²) in [7, 11) is 1.31. The molecule has 0 aromatic rings. The number of carbonyl (C=O) groups is 1. The maximum Gasteiger partial charge on any atom is 0.268 e. The Labute approximate surface area is 386 Å². The van der Waals surface area contributed by atoms with E-state index in [0.717, 1.165) is 38.5 Å². The molecule has 370 valence electrons. The standard InChI is InChI=1S/C53H107N2O6P/c1-6-8-10-11-12-13-14-15-16-17-18-19-20-21-22-23-24-25-26-27-28-29-30-31-32-33-34-35-36-37-38-39-40-41-42-43-45-47-53(57)54-51(52(56)46-44-9-7-2)50-61-62(58,59)60-49-48-55(3,4)5/h17-18,51-52,56H,6-16,19-50H2,1-5H3,(H-,54,57,58,59)/b18-17-. The Kier molecular flexibility index (Phi) is 44.8. The zero-order valence-corrected chi connectivity index (χ0v) is 43.0. The molecule has 0 saturated heterocycles. The molecule has 0 aromatic carbocycles. The molecule has 0 aromatic heterocycles. The first-order valence-electron chi connectivity index (χ1n) is 27.0. The highest BCUT2D eigenvalue weighted by molar-refractivity contribution is 7.45. The SMILES string of the molecule is CCCCCCCCCC/C=C\CCCCCCCCCCCCCCCCCCCCCCCCCCCC(=O)NC(COP(=O)([O-])OCC[N+](C)(C)C)C(O)CCCCC. The van der Waals surface area contributed by atoms with E-state index >= 15 is 0 Å². The second-order valence-electron chi connectivity index (χ2n) is 19.9. The van der Waals surface area contributed by atoms with Crippen molar-refractivity contribution in [3.8, 4) is 0 Å². The molecule has 3 atom stereocenters. The number of phosphoric acid groups is 1. The number of phosphoric ester groups is 1. The van der Waals surface area contributed by atoms with E-state index in [4.69, 9.17) is 9.05 Å². The second-order valence-corrected chi connectivity index (χ2v) is 21.4. The minimum Gasteiger partial charge on any atom is -0.756 e. The van der Waals surface area contributed by atoms with Crippen LogP contribution in [0.15, 0.2) is 12.2 Å². The van der Waals surface area contributed by atoms with Crippen LogP contribution >= 0.6 is 7.82 Å². The largest absolute Gasteiger partial charge is 0.756 e. The minimum absolute atomic E-state index is 0.0133. The third-order valence-corrected chi connectivity index (χ3v) is 13.5. The van der Waals surface area contributed by atoms with E-state index in [9.17, 15) is 19.4 Å². The number of hydrogen-bond donors (Lipinski definition) is 2. The lowest BCUT2D eigenvalue weighted by Gasteiger charge is -2.30. The molecule has 8 nitrogen and oxygen atoms in total. The maximum atomic E-state index is 12.7. The smallest absolute Gasteiger partial charge is 0.268 e. The summed E-state index contributed by atoms with van der Waals surface area (Å²) in [6.45, 7) is 4.57. The van der Waals surface area contributed by atoms with Crippen LogP contribution in [0, 0.1) is 0 Å². The van der Waals surface area contributed by atoms with Gasteiger partial charge in [0.05, 0.1) is 39.9 Å². The van der Waals surface area contributed by atoms with Crippen LogP contribution < -0.4 is 10.2 Å². The van der Waals surface area contributed by atoms with E-state index in [2.05, 4.69) is 31.3 Å². The van der Waals surface area contributed by atoms with Crippen molar-refractivity contribution < 1.29 is 32.9 Å². The highest BCUT2D eigenvalue weighted by Crippen LogP contribution is 2.38. The van der Waals surface area contributed by atoms with E-state index in [1.807, 2.05) is 21.1 Å². The number of aliphatic hydroxyl groups excluding tert-OH is 1. The molecular weight excluding hydrogens is 792 g/mol. The number of nitrogens with zero attached hydrogens (tertiary/aromatic N) is 1. The number of allylic oxidation sites excluding steroid dienone is 2.